The fourth-order valence-corrected chi connectivity index (χ4v) is 4.39. The Morgan fingerprint density at radius 1 is 0.450 bits per heavy atom. The van der Waals surface area contributed by atoms with Crippen molar-refractivity contribution in [1.82, 2.24) is 9.13 Å². The second kappa shape index (κ2) is 8.60. The Kier molecular flexibility index (Phi) is 1.53. The van der Waals surface area contributed by atoms with Crippen LogP contribution in [0.2, 0.25) is 0 Å². The molecule has 0 saturated carbocycles. The summed E-state index contributed by atoms with van der Waals surface area (Å²) in [7, 11) is 0. The van der Waals surface area contributed by atoms with Crippen LogP contribution in [0.5, 0.6) is 0 Å². The number of aromatic nitrogens is 2. The van der Waals surface area contributed by atoms with Gasteiger partial charge in [-0.1, -0.05) is 108 Å². The van der Waals surface area contributed by atoms with Gasteiger partial charge in [-0.05, 0) is 64.3 Å². The number of fused-ring (bicyclic) bond motifs is 6. The van der Waals surface area contributed by atoms with Crippen LogP contribution in [0.25, 0.3) is 55.0 Å². The normalized spacial score (nSPS) is 27.6. The highest BCUT2D eigenvalue weighted by Crippen LogP contribution is 2.38. The minimum Gasteiger partial charge on any atom is -0.309 e. The average Bonchev–Trinajstić information content (AvgIpc) is 3.79. The van der Waals surface area contributed by atoms with Gasteiger partial charge < -0.3 is 9.13 Å². The van der Waals surface area contributed by atoms with Gasteiger partial charge in [-0.3, -0.25) is 0 Å². The van der Waals surface area contributed by atoms with Gasteiger partial charge in [-0.2, -0.15) is 0 Å². The highest BCUT2D eigenvalue weighted by molar-refractivity contribution is 6.10. The summed E-state index contributed by atoms with van der Waals surface area (Å²) in [6.07, 6.45) is 0. The van der Waals surface area contributed by atoms with E-state index < -0.39 is 227 Å². The van der Waals surface area contributed by atoms with Crippen LogP contribution in [-0.2, 0) is 10.8 Å². The van der Waals surface area contributed by atoms with Gasteiger partial charge in [-0.15, -0.1) is 0 Å². The molecule has 0 amide bonds. The van der Waals surface area contributed by atoms with Crippen molar-refractivity contribution in [3.63, 3.8) is 0 Å². The van der Waals surface area contributed by atoms with E-state index in [2.05, 4.69) is 0 Å². The molecule has 40 heavy (non-hydrogen) atoms. The third-order valence-electron chi connectivity index (χ3n) is 6.11. The maximum Gasteiger partial charge on any atom is 0.0667 e. The second-order valence-corrected chi connectivity index (χ2v) is 8.76. The lowest BCUT2D eigenvalue weighted by Crippen LogP contribution is -2.11. The van der Waals surface area contributed by atoms with Crippen LogP contribution in [-0.4, -0.2) is 9.13 Å². The first kappa shape index (κ1) is 7.12. The van der Waals surface area contributed by atoms with Crippen LogP contribution in [0.4, 0.5) is 0 Å². The second-order valence-electron chi connectivity index (χ2n) is 8.76. The van der Waals surface area contributed by atoms with Gasteiger partial charge in [0.25, 0.3) is 0 Å². The Morgan fingerprint density at radius 3 is 1.32 bits per heavy atom. The van der Waals surface area contributed by atoms with Gasteiger partial charge >= 0.3 is 0 Å². The van der Waals surface area contributed by atoms with Crippen molar-refractivity contribution in [2.24, 2.45) is 0 Å². The van der Waals surface area contributed by atoms with Crippen molar-refractivity contribution in [3.8, 4) is 11.4 Å². The summed E-state index contributed by atoms with van der Waals surface area (Å²) in [4.78, 5) is 0. The quantitative estimate of drug-likeness (QED) is 0.200. The Balaban J connectivity index is 1.92. The highest BCUT2D eigenvalue weighted by Gasteiger charge is 2.20. The third kappa shape index (κ3) is 3.78. The van der Waals surface area contributed by atoms with E-state index in [4.69, 9.17) is 38.4 Å². The van der Waals surface area contributed by atoms with Crippen LogP contribution in [0.15, 0.2) is 109 Å². The molecule has 0 radical (unpaired) electrons. The van der Waals surface area contributed by atoms with E-state index in [1.54, 1.807) is 0 Å². The highest BCUT2D eigenvalue weighted by atomic mass is 15.0. The van der Waals surface area contributed by atoms with Crippen molar-refractivity contribution in [3.05, 3.63) is 120 Å². The summed E-state index contributed by atoms with van der Waals surface area (Å²) in [5.74, 6) is 0. The molecule has 0 aliphatic carbocycles. The zero-order chi connectivity index (χ0) is 58.5. The van der Waals surface area contributed by atoms with Crippen molar-refractivity contribution < 1.29 is 49.3 Å². The Morgan fingerprint density at radius 2 is 0.875 bits per heavy atom. The lowest BCUT2D eigenvalue weighted by Gasteiger charge is -2.20. The standard InChI is InChI=1S/C38H36N2/c1-37(2,3)25-18-20-31-29-14-7-9-16-33(29)39(35(31)22-25)27-12-11-13-28(24-27)40-34-17-10-8-15-30(34)32-21-19-26(23-36(32)40)38(4,5)6/h7-24H,1-6H3/i1D3,2D3,3D3,4D3,5D3,6D3,7D,8D,9D,10D,11D,12D,13D,14D,15D,16D,17D,18D,19D,20D,21D,22D,23D,24D. The molecule has 0 fully saturated rings. The largest absolute Gasteiger partial charge is 0.309 e. The van der Waals surface area contributed by atoms with E-state index in [0.29, 0.717) is 9.13 Å². The third-order valence-corrected chi connectivity index (χ3v) is 6.11. The summed E-state index contributed by atoms with van der Waals surface area (Å²) in [6.45, 7) is -25.5. The number of nitrogens with zero attached hydrogens (tertiary/aromatic N) is 2. The van der Waals surface area contributed by atoms with Crippen LogP contribution in [0.3, 0.4) is 0 Å². The molecule has 0 aliphatic heterocycles. The summed E-state index contributed by atoms with van der Waals surface area (Å²) < 4.78 is 316. The topological polar surface area (TPSA) is 9.86 Å². The van der Waals surface area contributed by atoms with E-state index in [1.807, 2.05) is 0 Å². The van der Waals surface area contributed by atoms with Crippen molar-refractivity contribution in [1.29, 1.82) is 0 Å². The van der Waals surface area contributed by atoms with Gasteiger partial charge in [0.15, 0.2) is 0 Å². The van der Waals surface area contributed by atoms with Crippen molar-refractivity contribution in [2.75, 3.05) is 0 Å². The summed E-state index contributed by atoms with van der Waals surface area (Å²) in [5, 5.41) is -3.66. The first-order valence-corrected chi connectivity index (χ1v) is 11.3. The SMILES string of the molecule is [2H]c1c([2H])c(-n2c3c([2H])c([2H])c([2H])c([2H])c3c3c([2H])c([2H])c(C(C([2H])([2H])[2H])(C([2H])([2H])[2H])C([2H])([2H])[2H])c([2H])c32)c([2H])c(-n2c3c([2H])c([2H])c([2H])c([2H])c3c3c([2H])c([2H])c(C(C([2H])([2H])[2H])(C([2H])([2H])[2H])C([2H])([2H])[2H])c([2H])c32)c1[2H]. The molecule has 5 aromatic carbocycles. The number of benzene rings is 5. The molecule has 2 heteroatoms. The predicted molar refractivity (Wildman–Crippen MR) is 173 cm³/mol. The summed E-state index contributed by atoms with van der Waals surface area (Å²) in [5.41, 5.74) is -19.0. The van der Waals surface area contributed by atoms with Crippen LogP contribution in [0, 0.1) is 0 Å². The number of para-hydroxylation sites is 2. The molecule has 7 rings (SSSR count). The first-order valence-electron chi connectivity index (χ1n) is 29.3. The van der Waals surface area contributed by atoms with Gasteiger partial charge in [0.05, 0.1) is 46.7 Å². The number of hydrogen-bond acceptors (Lipinski definition) is 0. The Bertz CT molecular complexity index is 3390. The molecule has 2 heterocycles. The number of hydrogen-bond donors (Lipinski definition) is 0. The maximum absolute atomic E-state index is 9.92. The first-order chi connectivity index (χ1) is 34.1. The fraction of sp³-hybridized carbons (Fsp3) is 0.211. The van der Waals surface area contributed by atoms with E-state index in [0.717, 1.165) is 0 Å². The molecule has 0 saturated heterocycles. The molecule has 0 bridgehead atoms. The van der Waals surface area contributed by atoms with E-state index in [9.17, 15) is 11.0 Å². The summed E-state index contributed by atoms with van der Waals surface area (Å²) in [6, 6.07) is -23.7. The zero-order valence-electron chi connectivity index (χ0n) is 55.9. The van der Waals surface area contributed by atoms with Gasteiger partial charge in [-0.25, -0.2) is 0 Å². The molecule has 0 atom stereocenters. The molecular weight excluding hydrogens is 484 g/mol. The van der Waals surface area contributed by atoms with E-state index >= 15 is 0 Å². The Labute approximate surface area is 287 Å². The summed E-state index contributed by atoms with van der Waals surface area (Å²) >= 11 is 0. The van der Waals surface area contributed by atoms with Crippen LogP contribution >= 0.6 is 0 Å². The molecule has 2 aromatic heterocycles. The Hall–Kier alpha value is -4.30. The molecule has 7 aromatic rings. The molecule has 0 spiro atoms. The van der Waals surface area contributed by atoms with E-state index in [1.165, 1.54) is 0 Å². The minimum absolute atomic E-state index is 0.317. The molecule has 0 aliphatic rings. The molecule has 2 nitrogen and oxygen atoms in total. The molecule has 198 valence electrons. The molecule has 0 N–H and O–H groups in total. The van der Waals surface area contributed by atoms with Crippen molar-refractivity contribution in [2.45, 2.75) is 51.9 Å². The number of rotatable bonds is 2. The van der Waals surface area contributed by atoms with Crippen LogP contribution in [0.1, 0.15) is 102 Å². The lowest BCUT2D eigenvalue weighted by atomic mass is 9.86. The van der Waals surface area contributed by atoms with E-state index in [-0.39, 0.29) is 0 Å². The predicted octanol–water partition coefficient (Wildman–Crippen LogP) is 10.5. The monoisotopic (exact) mass is 557 g/mol. The van der Waals surface area contributed by atoms with Crippen LogP contribution < -0.4 is 0 Å². The average molecular weight is 557 g/mol. The maximum atomic E-state index is 9.92. The van der Waals surface area contributed by atoms with Gasteiger partial charge in [0, 0.05) is 57.6 Å². The molecular formula is C38H36N2. The lowest BCUT2D eigenvalue weighted by molar-refractivity contribution is 0.590. The fourth-order valence-electron chi connectivity index (χ4n) is 4.39. The zero-order valence-corrected chi connectivity index (χ0v) is 19.9. The van der Waals surface area contributed by atoms with Gasteiger partial charge in [0.1, 0.15) is 0 Å². The minimum atomic E-state index is -4.28. The van der Waals surface area contributed by atoms with Gasteiger partial charge in [0.2, 0.25) is 0 Å². The molecule has 0 unspecified atom stereocenters. The smallest absolute Gasteiger partial charge is 0.0667 e. The van der Waals surface area contributed by atoms with Crippen molar-refractivity contribution >= 4 is 43.6 Å².